The van der Waals surface area contributed by atoms with Crippen LogP contribution in [0.15, 0.2) is 48.5 Å². The fourth-order valence-corrected chi connectivity index (χ4v) is 2.27. The van der Waals surface area contributed by atoms with Crippen molar-refractivity contribution >= 4 is 10.1 Å². The summed E-state index contributed by atoms with van der Waals surface area (Å²) in [5.41, 5.74) is -4.91. The van der Waals surface area contributed by atoms with Gasteiger partial charge in [0.15, 0.2) is 5.75 Å². The average Bonchev–Trinajstić information content (AvgIpc) is 2.46. The Morgan fingerprint density at radius 3 is 1.82 bits per heavy atom. The Morgan fingerprint density at radius 1 is 0.864 bits per heavy atom. The fraction of sp³-hybridized carbons (Fsp3) is 0.143. The first-order chi connectivity index (χ1) is 10.3. The number of methoxy groups -OCH3 is 1. The van der Waals surface area contributed by atoms with E-state index >= 15 is 0 Å². The minimum Gasteiger partial charge on any atom is -0.496 e. The number of ether oxygens (including phenoxy) is 1. The molecular formula is C14H11F3O4S. The molecule has 0 amide bonds. The molecule has 0 saturated carbocycles. The summed E-state index contributed by atoms with van der Waals surface area (Å²) in [5.74, 6) is -0.0488. The van der Waals surface area contributed by atoms with Crippen LogP contribution in [0.4, 0.5) is 13.2 Å². The number of halogens is 3. The lowest BCUT2D eigenvalue weighted by molar-refractivity contribution is -0.0499. The second-order valence-corrected chi connectivity index (χ2v) is 5.72. The molecule has 0 N–H and O–H groups in total. The number of hydrogen-bond donors (Lipinski definition) is 0. The summed E-state index contributed by atoms with van der Waals surface area (Å²) in [5, 5.41) is 0. The third kappa shape index (κ3) is 3.16. The molecule has 0 spiro atoms. The summed E-state index contributed by atoms with van der Waals surface area (Å²) in [6.07, 6.45) is 0. The van der Waals surface area contributed by atoms with Crippen molar-refractivity contribution in [2.75, 3.05) is 7.11 Å². The van der Waals surface area contributed by atoms with E-state index in [-0.39, 0.29) is 5.56 Å². The van der Waals surface area contributed by atoms with E-state index < -0.39 is 21.4 Å². The molecule has 2 rings (SSSR count). The lowest BCUT2D eigenvalue weighted by atomic mass is 10.0. The Hall–Kier alpha value is -2.22. The van der Waals surface area contributed by atoms with Gasteiger partial charge in [0.25, 0.3) is 0 Å². The van der Waals surface area contributed by atoms with Gasteiger partial charge in [-0.05, 0) is 12.1 Å². The highest BCUT2D eigenvalue weighted by Gasteiger charge is 2.48. The third-order valence-corrected chi connectivity index (χ3v) is 3.73. The van der Waals surface area contributed by atoms with Crippen LogP contribution in [0.2, 0.25) is 0 Å². The van der Waals surface area contributed by atoms with E-state index in [2.05, 4.69) is 4.18 Å². The Balaban J connectivity index is 2.53. The van der Waals surface area contributed by atoms with Gasteiger partial charge in [0.05, 0.1) is 7.11 Å². The van der Waals surface area contributed by atoms with Gasteiger partial charge in [-0.2, -0.15) is 21.6 Å². The monoisotopic (exact) mass is 332 g/mol. The molecule has 0 fully saturated rings. The molecule has 2 aromatic rings. The number of rotatable bonds is 4. The van der Waals surface area contributed by atoms with Crippen molar-refractivity contribution in [3.05, 3.63) is 48.5 Å². The van der Waals surface area contributed by atoms with E-state index in [1.54, 1.807) is 30.3 Å². The van der Waals surface area contributed by atoms with Gasteiger partial charge in [-0.15, -0.1) is 0 Å². The Labute approximate surface area is 125 Å². The predicted octanol–water partition coefficient (Wildman–Crippen LogP) is 3.59. The molecule has 4 nitrogen and oxygen atoms in total. The van der Waals surface area contributed by atoms with Crippen molar-refractivity contribution in [1.29, 1.82) is 0 Å². The largest absolute Gasteiger partial charge is 0.534 e. The van der Waals surface area contributed by atoms with Gasteiger partial charge < -0.3 is 8.92 Å². The molecule has 118 valence electrons. The van der Waals surface area contributed by atoms with Crippen LogP contribution in [-0.2, 0) is 10.1 Å². The van der Waals surface area contributed by atoms with Gasteiger partial charge in [-0.3, -0.25) is 0 Å². The molecule has 2 aromatic carbocycles. The molecule has 0 unspecified atom stereocenters. The summed E-state index contributed by atoms with van der Waals surface area (Å²) in [6.45, 7) is 0. The van der Waals surface area contributed by atoms with Crippen LogP contribution in [0, 0.1) is 0 Å². The second-order valence-electron chi connectivity index (χ2n) is 4.18. The summed E-state index contributed by atoms with van der Waals surface area (Å²) >= 11 is 0. The minimum atomic E-state index is -5.74. The molecule has 0 aromatic heterocycles. The van der Waals surface area contributed by atoms with E-state index in [9.17, 15) is 21.6 Å². The van der Waals surface area contributed by atoms with Crippen molar-refractivity contribution in [3.63, 3.8) is 0 Å². The zero-order valence-electron chi connectivity index (χ0n) is 11.3. The van der Waals surface area contributed by atoms with E-state index in [1.807, 2.05) is 0 Å². The highest BCUT2D eigenvalue weighted by molar-refractivity contribution is 7.88. The van der Waals surface area contributed by atoms with E-state index in [0.717, 1.165) is 6.07 Å². The molecule has 0 radical (unpaired) electrons. The van der Waals surface area contributed by atoms with Crippen molar-refractivity contribution in [2.45, 2.75) is 5.51 Å². The molecule has 0 aliphatic rings. The Morgan fingerprint density at radius 2 is 1.32 bits per heavy atom. The van der Waals surface area contributed by atoms with Crippen LogP contribution >= 0.6 is 0 Å². The first kappa shape index (κ1) is 16.2. The molecular weight excluding hydrogens is 321 g/mol. The van der Waals surface area contributed by atoms with Crippen molar-refractivity contribution in [1.82, 2.24) is 0 Å². The zero-order chi connectivity index (χ0) is 16.4. The van der Waals surface area contributed by atoms with Crippen molar-refractivity contribution in [2.24, 2.45) is 0 Å². The highest BCUT2D eigenvalue weighted by atomic mass is 32.2. The van der Waals surface area contributed by atoms with Crippen LogP contribution in [-0.4, -0.2) is 21.0 Å². The average molecular weight is 332 g/mol. The molecule has 0 atom stereocenters. The smallest absolute Gasteiger partial charge is 0.496 e. The van der Waals surface area contributed by atoms with Crippen LogP contribution in [0.1, 0.15) is 0 Å². The third-order valence-electron chi connectivity index (χ3n) is 2.77. The van der Waals surface area contributed by atoms with Crippen LogP contribution in [0.25, 0.3) is 11.1 Å². The summed E-state index contributed by atoms with van der Waals surface area (Å²) in [4.78, 5) is 0. The van der Waals surface area contributed by atoms with Gasteiger partial charge in [0, 0.05) is 11.1 Å². The molecule has 22 heavy (non-hydrogen) atoms. The number of para-hydroxylation sites is 2. The Kier molecular flexibility index (Phi) is 4.32. The first-order valence-electron chi connectivity index (χ1n) is 5.99. The lowest BCUT2D eigenvalue weighted by Crippen LogP contribution is -2.28. The normalized spacial score (nSPS) is 12.0. The molecule has 0 heterocycles. The van der Waals surface area contributed by atoms with Gasteiger partial charge in [0.1, 0.15) is 5.75 Å². The molecule has 0 aliphatic carbocycles. The molecule has 0 saturated heterocycles. The fourth-order valence-electron chi connectivity index (χ4n) is 1.79. The van der Waals surface area contributed by atoms with Gasteiger partial charge >= 0.3 is 15.6 Å². The first-order valence-corrected chi connectivity index (χ1v) is 7.40. The van der Waals surface area contributed by atoms with Gasteiger partial charge in [-0.25, -0.2) is 0 Å². The maximum atomic E-state index is 12.5. The van der Waals surface area contributed by atoms with Crippen molar-refractivity contribution in [3.8, 4) is 22.6 Å². The molecule has 0 aliphatic heterocycles. The summed E-state index contributed by atoms with van der Waals surface area (Å²) in [7, 11) is -4.34. The Bertz CT molecular complexity index is 770. The predicted molar refractivity (Wildman–Crippen MR) is 74.0 cm³/mol. The number of hydrogen-bond acceptors (Lipinski definition) is 4. The topological polar surface area (TPSA) is 52.6 Å². The number of benzene rings is 2. The van der Waals surface area contributed by atoms with E-state index in [0.29, 0.717) is 11.3 Å². The van der Waals surface area contributed by atoms with E-state index in [1.165, 1.54) is 19.2 Å². The summed E-state index contributed by atoms with van der Waals surface area (Å²) < 4.78 is 69.1. The van der Waals surface area contributed by atoms with Crippen LogP contribution in [0.5, 0.6) is 11.5 Å². The van der Waals surface area contributed by atoms with Crippen LogP contribution < -0.4 is 8.92 Å². The minimum absolute atomic E-state index is 0.174. The molecule has 8 heteroatoms. The highest BCUT2D eigenvalue weighted by Crippen LogP contribution is 2.38. The molecule has 0 bridgehead atoms. The van der Waals surface area contributed by atoms with Crippen LogP contribution in [0.3, 0.4) is 0 Å². The van der Waals surface area contributed by atoms with Crippen molar-refractivity contribution < 1.29 is 30.5 Å². The van der Waals surface area contributed by atoms with E-state index in [4.69, 9.17) is 4.74 Å². The maximum Gasteiger partial charge on any atom is 0.534 e. The van der Waals surface area contributed by atoms with Gasteiger partial charge in [0.2, 0.25) is 0 Å². The quantitative estimate of drug-likeness (QED) is 0.634. The van der Waals surface area contributed by atoms with Gasteiger partial charge in [-0.1, -0.05) is 36.4 Å². The summed E-state index contributed by atoms with van der Waals surface area (Å²) in [6, 6.07) is 12.0. The zero-order valence-corrected chi connectivity index (χ0v) is 12.1. The lowest BCUT2D eigenvalue weighted by Gasteiger charge is -2.14. The standard InChI is InChI=1S/C14H11F3O4S/c1-20-12-8-4-2-6-10(12)11-7-3-5-9-13(11)21-22(18,19)14(15,16)17/h2-9H,1H3. The second kappa shape index (κ2) is 5.88. The SMILES string of the molecule is COc1ccccc1-c1ccccc1OS(=O)(=O)C(F)(F)F. The number of alkyl halides is 3. The maximum absolute atomic E-state index is 12.5.